The Morgan fingerprint density at radius 3 is 2.14 bits per heavy atom. The van der Waals surface area contributed by atoms with Crippen LogP contribution in [0.5, 0.6) is 0 Å². The van der Waals surface area contributed by atoms with Gasteiger partial charge in [0, 0.05) is 31.9 Å². The number of nitrogens with zero attached hydrogens (tertiary/aromatic N) is 3. The van der Waals surface area contributed by atoms with Gasteiger partial charge >= 0.3 is 7.12 Å². The van der Waals surface area contributed by atoms with Gasteiger partial charge < -0.3 is 23.6 Å². The van der Waals surface area contributed by atoms with Crippen molar-refractivity contribution in [3.05, 3.63) is 161 Å². The zero-order chi connectivity index (χ0) is 45.1. The molecule has 0 unspecified atom stereocenters. The van der Waals surface area contributed by atoms with E-state index in [0.717, 1.165) is 65.3 Å². The predicted molar refractivity (Wildman–Crippen MR) is 256 cm³/mol. The molecule has 336 valence electrons. The molecule has 9 rings (SSSR count). The summed E-state index contributed by atoms with van der Waals surface area (Å²) >= 11 is 0. The largest absolute Gasteiger partial charge is 0.459 e. The number of rotatable bonds is 14. The van der Waals surface area contributed by atoms with E-state index in [1.807, 2.05) is 48.5 Å². The normalized spacial score (nSPS) is 22.4. The first-order valence-corrected chi connectivity index (χ1v) is 25.2. The molecule has 1 aliphatic carbocycles. The number of amides is 2. The summed E-state index contributed by atoms with van der Waals surface area (Å²) in [6, 6.07) is 40.7. The van der Waals surface area contributed by atoms with Crippen LogP contribution in [0.3, 0.4) is 0 Å². The minimum absolute atomic E-state index is 0.0953. The zero-order valence-corrected chi connectivity index (χ0v) is 38.7. The molecule has 2 amide bonds. The summed E-state index contributed by atoms with van der Waals surface area (Å²) in [6.07, 6.45) is 6.19. The first-order valence-electron chi connectivity index (χ1n) is 23.3. The smallest absolute Gasteiger partial charge is 0.455 e. The molecule has 3 aliphatic heterocycles. The summed E-state index contributed by atoms with van der Waals surface area (Å²) in [4.78, 5) is 38.6. The molecule has 65 heavy (non-hydrogen) atoms. The van der Waals surface area contributed by atoms with Gasteiger partial charge in [0.05, 0.1) is 30.2 Å². The van der Waals surface area contributed by atoms with Crippen molar-refractivity contribution in [1.29, 1.82) is 0 Å². The topological polar surface area (TPSA) is 126 Å². The van der Waals surface area contributed by atoms with Crippen molar-refractivity contribution < 1.29 is 33.2 Å². The predicted octanol–water partition coefficient (Wildman–Crippen LogP) is 7.53. The fourth-order valence-corrected chi connectivity index (χ4v) is 15.8. The minimum atomic E-state index is -3.03. The van der Waals surface area contributed by atoms with E-state index in [1.54, 1.807) is 17.2 Å². The van der Waals surface area contributed by atoms with Crippen LogP contribution in [0.15, 0.2) is 143 Å². The quantitative estimate of drug-likeness (QED) is 0.0662. The number of aliphatic hydroxyl groups is 1. The van der Waals surface area contributed by atoms with Gasteiger partial charge in [0.25, 0.3) is 8.32 Å². The molecule has 2 N–H and O–H groups in total. The van der Waals surface area contributed by atoms with Crippen LogP contribution in [0.1, 0.15) is 75.7 Å². The van der Waals surface area contributed by atoms with E-state index in [0.29, 0.717) is 30.8 Å². The molecule has 12 heteroatoms. The number of hydrogen-bond acceptors (Lipinski definition) is 9. The van der Waals surface area contributed by atoms with Crippen molar-refractivity contribution in [2.75, 3.05) is 19.7 Å². The summed E-state index contributed by atoms with van der Waals surface area (Å²) in [5.74, 6) is -0.698. The van der Waals surface area contributed by atoms with E-state index >= 15 is 0 Å². The average molecular weight is 890 g/mol. The maximum absolute atomic E-state index is 15.0. The van der Waals surface area contributed by atoms with Gasteiger partial charge in [-0.25, -0.2) is 0 Å². The number of likely N-dealkylation sites (tertiary alicyclic amines) is 2. The van der Waals surface area contributed by atoms with Gasteiger partial charge in [-0.15, -0.1) is 0 Å². The Labute approximate surface area is 384 Å². The number of imide groups is 1. The zero-order valence-electron chi connectivity index (χ0n) is 37.7. The van der Waals surface area contributed by atoms with E-state index in [1.165, 1.54) is 5.56 Å². The number of furan rings is 1. The van der Waals surface area contributed by atoms with Gasteiger partial charge in [0.15, 0.2) is 0 Å². The first kappa shape index (κ1) is 45.0. The van der Waals surface area contributed by atoms with Crippen LogP contribution >= 0.6 is 0 Å². The third kappa shape index (κ3) is 9.17. The van der Waals surface area contributed by atoms with E-state index in [9.17, 15) is 19.7 Å². The molecule has 3 aromatic carbocycles. The molecule has 10 nitrogen and oxygen atoms in total. The monoisotopic (exact) mass is 889 g/mol. The van der Waals surface area contributed by atoms with E-state index in [2.05, 4.69) is 103 Å². The van der Waals surface area contributed by atoms with Crippen LogP contribution in [0.2, 0.25) is 11.4 Å². The molecule has 0 spiro atoms. The molecule has 2 aromatic heterocycles. The van der Waals surface area contributed by atoms with E-state index < -0.39 is 39.3 Å². The Morgan fingerprint density at radius 1 is 0.862 bits per heavy atom. The van der Waals surface area contributed by atoms with Gasteiger partial charge in [-0.3, -0.25) is 24.4 Å². The van der Waals surface area contributed by atoms with Crippen molar-refractivity contribution in [3.63, 3.8) is 0 Å². The lowest BCUT2D eigenvalue weighted by Gasteiger charge is -2.46. The number of pyridine rings is 1. The first-order chi connectivity index (χ1) is 31.5. The second-order valence-corrected chi connectivity index (χ2v) is 23.5. The number of benzene rings is 3. The highest BCUT2D eigenvalue weighted by Gasteiger charge is 2.59. The second-order valence-electron chi connectivity index (χ2n) is 19.2. The SMILES string of the molecule is CC(C)(C)[Si](OCC1=C2[C@@H](CC/C(=C/c3ccc(CO)o3)c3ccccn3)OB(O)C[C@@H]2[C@@H]2C(=O)N(C3CCN(Cc4ccccc4)CC3)C(=O)[C@@H]2C1)(c1ccccc1)c1ccccc1. The van der Waals surface area contributed by atoms with Crippen molar-refractivity contribution in [1.82, 2.24) is 14.8 Å². The lowest BCUT2D eigenvalue weighted by molar-refractivity contribution is -0.144. The number of carbonyl (C=O) groups excluding carboxylic acids is 2. The summed E-state index contributed by atoms with van der Waals surface area (Å²) < 4.78 is 20.1. The van der Waals surface area contributed by atoms with Crippen LogP contribution in [0, 0.1) is 17.8 Å². The molecule has 4 atom stereocenters. The Bertz CT molecular complexity index is 2450. The third-order valence-corrected chi connectivity index (χ3v) is 19.2. The van der Waals surface area contributed by atoms with Gasteiger partial charge in [-0.05, 0) is 112 Å². The number of carbonyl (C=O) groups is 2. The third-order valence-electron chi connectivity index (χ3n) is 14.2. The fraction of sp³-hybridized carbons (Fsp3) is 0.377. The summed E-state index contributed by atoms with van der Waals surface area (Å²) in [6.45, 7) is 9.28. The number of allylic oxidation sites excluding steroid dienone is 1. The Balaban J connectivity index is 1.07. The Morgan fingerprint density at radius 2 is 1.52 bits per heavy atom. The van der Waals surface area contributed by atoms with Crippen molar-refractivity contribution in [3.8, 4) is 0 Å². The summed E-state index contributed by atoms with van der Waals surface area (Å²) in [5, 5.41) is 23.4. The van der Waals surface area contributed by atoms with Crippen molar-refractivity contribution >= 4 is 49.3 Å². The maximum Gasteiger partial charge on any atom is 0.455 e. The van der Waals surface area contributed by atoms with Crippen molar-refractivity contribution in [2.24, 2.45) is 17.8 Å². The number of hydrogen-bond donors (Lipinski definition) is 2. The molecule has 0 radical (unpaired) electrons. The van der Waals surface area contributed by atoms with Gasteiger partial charge in [0.2, 0.25) is 11.8 Å². The average Bonchev–Trinajstić information content (AvgIpc) is 3.89. The van der Waals surface area contributed by atoms with Gasteiger partial charge in [0.1, 0.15) is 18.1 Å². The number of aromatic nitrogens is 1. The number of aliphatic hydroxyl groups excluding tert-OH is 1. The Hall–Kier alpha value is -5.21. The summed E-state index contributed by atoms with van der Waals surface area (Å²) in [7, 11) is -4.15. The highest BCUT2D eigenvalue weighted by molar-refractivity contribution is 6.99. The number of fused-ring (bicyclic) bond motifs is 3. The molecular formula is C53H60BN3O7Si. The van der Waals surface area contributed by atoms with Crippen LogP contribution in [-0.4, -0.2) is 84.0 Å². The van der Waals surface area contributed by atoms with Crippen molar-refractivity contribution in [2.45, 2.75) is 89.5 Å². The van der Waals surface area contributed by atoms with E-state index in [4.69, 9.17) is 13.5 Å². The van der Waals surface area contributed by atoms with E-state index in [-0.39, 0.29) is 42.4 Å². The molecule has 3 fully saturated rings. The lowest BCUT2D eigenvalue weighted by atomic mass is 9.58. The fourth-order valence-electron chi connectivity index (χ4n) is 11.3. The molecular weight excluding hydrogens is 829 g/mol. The molecule has 0 bridgehead atoms. The lowest BCUT2D eigenvalue weighted by Crippen LogP contribution is -2.66. The second kappa shape index (κ2) is 19.3. The molecule has 3 saturated heterocycles. The maximum atomic E-state index is 15.0. The minimum Gasteiger partial charge on any atom is -0.459 e. The summed E-state index contributed by atoms with van der Waals surface area (Å²) in [5.41, 5.74) is 4.90. The van der Waals surface area contributed by atoms with Crippen LogP contribution in [-0.2, 0) is 31.8 Å². The standard InChI is InChI=1S/C53H60BN3O7Si/c1-53(2,3)65(43-17-9-5-10-18-43,44-19-11-6-12-20-44)62-36-39-32-45-50(52(60)57(51(45)59)40-26-29-56(30-27-40)34-37-15-7-4-8-16-37)46-33-54(61)64-48(49(39)46)25-22-38(47-21-13-14-28-55-47)31-41-23-24-42(35-58)63-41/h4-21,23-24,28,31,40,45-46,48,50,58,61H,22,25-27,29-30,32-36H2,1-3H3/b38-31-/t45-,46+,48-,50-/m1/s1. The van der Waals surface area contributed by atoms with Gasteiger partial charge in [-0.1, -0.05) is 118 Å². The van der Waals surface area contributed by atoms with Crippen LogP contribution in [0.25, 0.3) is 11.6 Å². The molecule has 0 saturated carbocycles. The van der Waals surface area contributed by atoms with Crippen LogP contribution in [0.4, 0.5) is 0 Å². The number of piperidine rings is 1. The van der Waals surface area contributed by atoms with Crippen LogP contribution < -0.4 is 10.4 Å². The highest BCUT2D eigenvalue weighted by Crippen LogP contribution is 2.52. The van der Waals surface area contributed by atoms with Gasteiger partial charge in [-0.2, -0.15) is 0 Å². The molecule has 4 aliphatic rings. The highest BCUT2D eigenvalue weighted by atomic mass is 28.4. The molecule has 5 aromatic rings. The molecule has 5 heterocycles. The Kier molecular flexibility index (Phi) is 13.4.